The third-order valence-electron chi connectivity index (χ3n) is 9.40. The summed E-state index contributed by atoms with van der Waals surface area (Å²) in [5.41, 5.74) is 0. The quantitative estimate of drug-likeness (QED) is 0.216. The predicted molar refractivity (Wildman–Crippen MR) is 157 cm³/mol. The van der Waals surface area contributed by atoms with Gasteiger partial charge in [0.05, 0.1) is 0 Å². The molecule has 36 heavy (non-hydrogen) atoms. The highest BCUT2D eigenvalue weighted by atomic mass is 14.3. The average molecular weight is 449 g/mol. The van der Waals surface area contributed by atoms with Gasteiger partial charge in [-0.2, -0.15) is 0 Å². The molecule has 0 aliphatic heterocycles. The van der Waals surface area contributed by atoms with Crippen molar-refractivity contribution in [2.24, 2.45) is 0 Å². The van der Waals surface area contributed by atoms with E-state index in [9.17, 15) is 0 Å². The fourth-order valence-corrected chi connectivity index (χ4v) is 7.73. The van der Waals surface area contributed by atoms with Gasteiger partial charge in [-0.25, -0.2) is 0 Å². The molecule has 0 atom stereocenters. The van der Waals surface area contributed by atoms with E-state index in [2.05, 4.69) is 97.1 Å². The smallest absolute Gasteiger partial charge is 0.00137 e. The van der Waals surface area contributed by atoms with E-state index in [1.54, 1.807) is 0 Å². The van der Waals surface area contributed by atoms with Crippen molar-refractivity contribution < 1.29 is 0 Å². The summed E-state index contributed by atoms with van der Waals surface area (Å²) < 4.78 is 0. The van der Waals surface area contributed by atoms with Gasteiger partial charge < -0.3 is 0 Å². The molecule has 0 amide bonds. The molecule has 0 N–H and O–H groups in total. The third kappa shape index (κ3) is 1.55. The Balaban J connectivity index is 1.23. The maximum absolute atomic E-state index is 2.47. The largest absolute Gasteiger partial charge is 0.0616 e. The summed E-state index contributed by atoms with van der Waals surface area (Å²) in [6, 6.07) is 36.8. The Bertz CT molecular complexity index is 2430. The zero-order chi connectivity index (χ0) is 22.9. The fraction of sp³-hybridized carbons (Fsp3) is 0. The van der Waals surface area contributed by atoms with Crippen LogP contribution in [-0.4, -0.2) is 0 Å². The highest BCUT2D eigenvalue weighted by molar-refractivity contribution is 6.47. The molecule has 0 saturated carbocycles. The number of hydrogen-bond donors (Lipinski definition) is 0. The summed E-state index contributed by atoms with van der Waals surface area (Å²) in [6.45, 7) is 0. The van der Waals surface area contributed by atoms with Gasteiger partial charge in [-0.3, -0.25) is 0 Å². The first-order valence-corrected chi connectivity index (χ1v) is 12.8. The van der Waals surface area contributed by atoms with E-state index in [0.29, 0.717) is 0 Å². The molecule has 11 aromatic rings. The Morgan fingerprint density at radius 3 is 0.861 bits per heavy atom. The molecule has 0 heterocycles. The molecule has 11 rings (SSSR count). The molecule has 0 bridgehead atoms. The highest BCUT2D eigenvalue weighted by Gasteiger charge is 2.24. The first kappa shape index (κ1) is 16.9. The van der Waals surface area contributed by atoms with E-state index < -0.39 is 0 Å². The van der Waals surface area contributed by atoms with Crippen LogP contribution < -0.4 is 0 Å². The monoisotopic (exact) mass is 448 g/mol. The van der Waals surface area contributed by atoms with Gasteiger partial charge in [0, 0.05) is 0 Å². The van der Waals surface area contributed by atoms with Crippen LogP contribution in [-0.2, 0) is 0 Å². The lowest BCUT2D eigenvalue weighted by molar-refractivity contribution is 1.80. The lowest BCUT2D eigenvalue weighted by Gasteiger charge is -2.24. The average Bonchev–Trinajstić information content (AvgIpc) is 2.89. The van der Waals surface area contributed by atoms with Gasteiger partial charge in [-0.15, -0.1) is 0 Å². The van der Waals surface area contributed by atoms with E-state index in [0.717, 1.165) is 0 Å². The molecule has 0 saturated heterocycles. The van der Waals surface area contributed by atoms with E-state index in [4.69, 9.17) is 0 Å². The van der Waals surface area contributed by atoms with Crippen LogP contribution in [0.2, 0.25) is 0 Å². The summed E-state index contributed by atoms with van der Waals surface area (Å²) in [7, 11) is 0. The Labute approximate surface area is 204 Å². The predicted octanol–water partition coefficient (Wildman–Crippen LogP) is 10.4. The zero-order valence-corrected chi connectivity index (χ0v) is 19.2. The SMILES string of the molecule is c1ccc2c(c1)c1ccc3c4cc5c(cc4c3c21)c1cc2c3ccc4c6ccccc6c4c3c2cc51. The number of fused-ring (bicyclic) bond motifs is 22. The standard InChI is InChI=1S/C36H16/c1-3-7-19-17(5-1)21-9-11-23-25-13-27-29(15-31(25)35(23)33(19)21)28-14-26-24-12-10-22-18-6-2-4-8-20(18)34(22)36(24)32(26)16-30(27)28/h1-16H. The van der Waals surface area contributed by atoms with Gasteiger partial charge >= 0.3 is 0 Å². The molecule has 11 aromatic carbocycles. The van der Waals surface area contributed by atoms with Gasteiger partial charge in [0.25, 0.3) is 0 Å². The van der Waals surface area contributed by atoms with Crippen LogP contribution in [0.4, 0.5) is 0 Å². The fourth-order valence-electron chi connectivity index (χ4n) is 7.73. The van der Waals surface area contributed by atoms with Crippen LogP contribution in [0.25, 0.3) is 108 Å². The number of benzene rings is 6. The van der Waals surface area contributed by atoms with Crippen LogP contribution in [0.15, 0.2) is 97.1 Å². The summed E-state index contributed by atoms with van der Waals surface area (Å²) in [5.74, 6) is 0. The summed E-state index contributed by atoms with van der Waals surface area (Å²) in [6.07, 6.45) is 0. The van der Waals surface area contributed by atoms with Crippen LogP contribution in [0.1, 0.15) is 0 Å². The molecule has 0 spiro atoms. The molecule has 0 radical (unpaired) electrons. The number of rotatable bonds is 0. The van der Waals surface area contributed by atoms with Crippen molar-refractivity contribution in [2.45, 2.75) is 0 Å². The Morgan fingerprint density at radius 1 is 0.194 bits per heavy atom. The van der Waals surface area contributed by atoms with Crippen molar-refractivity contribution in [1.29, 1.82) is 0 Å². The minimum absolute atomic E-state index is 1.40. The minimum Gasteiger partial charge on any atom is -0.0616 e. The molecule has 0 fully saturated rings. The van der Waals surface area contributed by atoms with Gasteiger partial charge in [0.15, 0.2) is 0 Å². The summed E-state index contributed by atoms with van der Waals surface area (Å²) >= 11 is 0. The molecule has 0 heteroatoms. The molecule has 0 aromatic heterocycles. The Morgan fingerprint density at radius 2 is 0.444 bits per heavy atom. The topological polar surface area (TPSA) is 0 Å². The molecule has 0 nitrogen and oxygen atoms in total. The number of hydrogen-bond acceptors (Lipinski definition) is 0. The lowest BCUT2D eigenvalue weighted by Crippen LogP contribution is -1.95. The minimum atomic E-state index is 1.40. The molecule has 0 unspecified atom stereocenters. The van der Waals surface area contributed by atoms with Crippen molar-refractivity contribution >= 4 is 108 Å². The first-order valence-electron chi connectivity index (χ1n) is 12.8. The van der Waals surface area contributed by atoms with Crippen molar-refractivity contribution in [1.82, 2.24) is 0 Å². The van der Waals surface area contributed by atoms with Crippen molar-refractivity contribution in [3.8, 4) is 0 Å². The first-order chi connectivity index (χ1) is 17.9. The Kier molecular flexibility index (Phi) is 2.40. The normalized spacial score (nSPS) is 13.6. The van der Waals surface area contributed by atoms with Gasteiger partial charge in [0.1, 0.15) is 0 Å². The van der Waals surface area contributed by atoms with Crippen molar-refractivity contribution in [2.75, 3.05) is 0 Å². The Hall–Kier alpha value is -4.68. The van der Waals surface area contributed by atoms with Gasteiger partial charge in [-0.05, 0) is 132 Å². The maximum atomic E-state index is 2.47. The molecular weight excluding hydrogens is 432 g/mol. The van der Waals surface area contributed by atoms with Crippen LogP contribution >= 0.6 is 0 Å². The van der Waals surface area contributed by atoms with E-state index in [1.165, 1.54) is 108 Å². The van der Waals surface area contributed by atoms with Gasteiger partial charge in [0.2, 0.25) is 0 Å². The molecule has 0 aliphatic rings. The molecule has 0 aliphatic carbocycles. The van der Waals surface area contributed by atoms with Crippen LogP contribution in [0.5, 0.6) is 0 Å². The molecular formula is C36H16. The van der Waals surface area contributed by atoms with E-state index >= 15 is 0 Å². The summed E-state index contributed by atoms with van der Waals surface area (Å²) in [5, 5.41) is 28.5. The van der Waals surface area contributed by atoms with Crippen LogP contribution in [0.3, 0.4) is 0 Å². The zero-order valence-electron chi connectivity index (χ0n) is 19.2. The van der Waals surface area contributed by atoms with Crippen molar-refractivity contribution in [3.05, 3.63) is 97.1 Å². The maximum Gasteiger partial charge on any atom is -0.00137 e. The molecule has 160 valence electrons. The lowest BCUT2D eigenvalue weighted by atomic mass is 9.79. The second-order valence-corrected chi connectivity index (χ2v) is 10.8. The summed E-state index contributed by atoms with van der Waals surface area (Å²) in [4.78, 5) is 0. The van der Waals surface area contributed by atoms with Crippen LogP contribution in [0, 0.1) is 0 Å². The van der Waals surface area contributed by atoms with E-state index in [1.807, 2.05) is 0 Å². The van der Waals surface area contributed by atoms with Crippen molar-refractivity contribution in [3.63, 3.8) is 0 Å². The second kappa shape index (κ2) is 5.12. The highest BCUT2D eigenvalue weighted by Crippen LogP contribution is 2.52. The third-order valence-corrected chi connectivity index (χ3v) is 9.40. The van der Waals surface area contributed by atoms with E-state index in [-0.39, 0.29) is 0 Å². The second-order valence-electron chi connectivity index (χ2n) is 10.8. The van der Waals surface area contributed by atoms with Gasteiger partial charge in [-0.1, -0.05) is 72.8 Å².